The van der Waals surface area contributed by atoms with Gasteiger partial charge >= 0.3 is 0 Å². The van der Waals surface area contributed by atoms with Crippen LogP contribution in [0.5, 0.6) is 0 Å². The number of hydrogen-bond donors (Lipinski definition) is 0. The first kappa shape index (κ1) is 16.3. The van der Waals surface area contributed by atoms with Crippen molar-refractivity contribution in [1.82, 2.24) is 4.57 Å². The molecule has 124 valence electrons. The van der Waals surface area contributed by atoms with Crippen LogP contribution in [0.4, 0.5) is 5.69 Å². The molecule has 24 heavy (non-hydrogen) atoms. The van der Waals surface area contributed by atoms with Gasteiger partial charge in [0.1, 0.15) is 0 Å². The van der Waals surface area contributed by atoms with Crippen LogP contribution in [0.25, 0.3) is 10.9 Å². The van der Waals surface area contributed by atoms with E-state index in [0.29, 0.717) is 5.92 Å². The summed E-state index contributed by atoms with van der Waals surface area (Å²) < 4.78 is 2.25. The van der Waals surface area contributed by atoms with Crippen LogP contribution >= 0.6 is 0 Å². The quantitative estimate of drug-likeness (QED) is 0.678. The van der Waals surface area contributed by atoms with Crippen molar-refractivity contribution >= 4 is 22.5 Å². The molecule has 1 heterocycles. The monoisotopic (exact) mass is 320 g/mol. The van der Waals surface area contributed by atoms with Crippen LogP contribution in [-0.2, 0) is 11.3 Å². The molecule has 3 nitrogen and oxygen atoms in total. The van der Waals surface area contributed by atoms with Crippen molar-refractivity contribution in [2.24, 2.45) is 0 Å². The fourth-order valence-electron chi connectivity index (χ4n) is 2.92. The standard InChI is InChI=1S/C21H24N2O/c1-15(2)18-7-5-17(6-8-18)14-23-12-11-19-13-20(9-10-21(19)23)22(4)16(3)24/h5-13,15H,14H2,1-4H3. The predicted octanol–water partition coefficient (Wildman–Crippen LogP) is 4.80. The van der Waals surface area contributed by atoms with Gasteiger partial charge in [-0.15, -0.1) is 0 Å². The molecule has 0 spiro atoms. The number of nitrogens with zero attached hydrogens (tertiary/aromatic N) is 2. The van der Waals surface area contributed by atoms with Crippen molar-refractivity contribution in [1.29, 1.82) is 0 Å². The predicted molar refractivity (Wildman–Crippen MR) is 101 cm³/mol. The summed E-state index contributed by atoms with van der Waals surface area (Å²) >= 11 is 0. The maximum atomic E-state index is 11.5. The first-order valence-electron chi connectivity index (χ1n) is 8.37. The van der Waals surface area contributed by atoms with Crippen molar-refractivity contribution in [3.8, 4) is 0 Å². The van der Waals surface area contributed by atoms with Gasteiger partial charge in [0.2, 0.25) is 5.91 Å². The van der Waals surface area contributed by atoms with Gasteiger partial charge in [0, 0.05) is 43.3 Å². The van der Waals surface area contributed by atoms with Crippen molar-refractivity contribution in [2.45, 2.75) is 33.2 Å². The highest BCUT2D eigenvalue weighted by Gasteiger charge is 2.08. The Balaban J connectivity index is 1.86. The van der Waals surface area contributed by atoms with E-state index in [-0.39, 0.29) is 5.91 Å². The number of hydrogen-bond acceptors (Lipinski definition) is 1. The second-order valence-corrected chi connectivity index (χ2v) is 6.66. The zero-order chi connectivity index (χ0) is 17.3. The molecule has 0 fully saturated rings. The highest BCUT2D eigenvalue weighted by molar-refractivity contribution is 5.94. The van der Waals surface area contributed by atoms with Crippen molar-refractivity contribution in [2.75, 3.05) is 11.9 Å². The number of benzene rings is 2. The van der Waals surface area contributed by atoms with Crippen LogP contribution in [0, 0.1) is 0 Å². The summed E-state index contributed by atoms with van der Waals surface area (Å²) in [6, 6.07) is 17.1. The second-order valence-electron chi connectivity index (χ2n) is 6.66. The van der Waals surface area contributed by atoms with Crippen molar-refractivity contribution < 1.29 is 4.79 Å². The summed E-state index contributed by atoms with van der Waals surface area (Å²) in [6.45, 7) is 6.86. The molecule has 3 heteroatoms. The first-order valence-corrected chi connectivity index (χ1v) is 8.37. The van der Waals surface area contributed by atoms with Gasteiger partial charge in [-0.05, 0) is 41.3 Å². The maximum absolute atomic E-state index is 11.5. The molecular formula is C21H24N2O. The number of carbonyl (C=O) groups excluding carboxylic acids is 1. The Morgan fingerprint density at radius 2 is 1.79 bits per heavy atom. The summed E-state index contributed by atoms with van der Waals surface area (Å²) in [4.78, 5) is 13.2. The van der Waals surface area contributed by atoms with Crippen LogP contribution in [0.3, 0.4) is 0 Å². The normalized spacial score (nSPS) is 11.2. The van der Waals surface area contributed by atoms with Gasteiger partial charge in [-0.25, -0.2) is 0 Å². The van der Waals surface area contributed by atoms with Gasteiger partial charge in [0.15, 0.2) is 0 Å². The molecule has 0 atom stereocenters. The summed E-state index contributed by atoms with van der Waals surface area (Å²) in [5.74, 6) is 0.599. The Morgan fingerprint density at radius 3 is 2.42 bits per heavy atom. The molecule has 0 unspecified atom stereocenters. The number of amides is 1. The third-order valence-corrected chi connectivity index (χ3v) is 4.61. The minimum absolute atomic E-state index is 0.0408. The molecule has 0 saturated carbocycles. The number of fused-ring (bicyclic) bond motifs is 1. The lowest BCUT2D eigenvalue weighted by atomic mass is 10.0. The van der Waals surface area contributed by atoms with E-state index in [1.54, 1.807) is 18.9 Å². The third-order valence-electron chi connectivity index (χ3n) is 4.61. The molecule has 0 aliphatic rings. The van der Waals surface area contributed by atoms with Crippen LogP contribution < -0.4 is 4.90 Å². The lowest BCUT2D eigenvalue weighted by Crippen LogP contribution is -2.22. The summed E-state index contributed by atoms with van der Waals surface area (Å²) in [6.07, 6.45) is 2.11. The molecule has 0 aliphatic carbocycles. The lowest BCUT2D eigenvalue weighted by Gasteiger charge is -2.15. The molecule has 1 amide bonds. The molecular weight excluding hydrogens is 296 g/mol. The highest BCUT2D eigenvalue weighted by Crippen LogP contribution is 2.24. The van der Waals surface area contributed by atoms with E-state index in [1.165, 1.54) is 16.6 Å². The minimum atomic E-state index is 0.0408. The SMILES string of the molecule is CC(=O)N(C)c1ccc2c(ccn2Cc2ccc(C(C)C)cc2)c1. The van der Waals surface area contributed by atoms with Crippen LogP contribution in [0.2, 0.25) is 0 Å². The molecule has 3 aromatic rings. The van der Waals surface area contributed by atoms with Crippen molar-refractivity contribution in [3.63, 3.8) is 0 Å². The Morgan fingerprint density at radius 1 is 1.08 bits per heavy atom. The van der Waals surface area contributed by atoms with E-state index in [1.807, 2.05) is 6.07 Å². The van der Waals surface area contributed by atoms with E-state index in [0.717, 1.165) is 17.6 Å². The Kier molecular flexibility index (Phi) is 4.43. The lowest BCUT2D eigenvalue weighted by molar-refractivity contribution is -0.116. The largest absolute Gasteiger partial charge is 0.343 e. The number of aromatic nitrogens is 1. The number of carbonyl (C=O) groups is 1. The third kappa shape index (κ3) is 3.21. The fourth-order valence-corrected chi connectivity index (χ4v) is 2.92. The van der Waals surface area contributed by atoms with E-state index in [4.69, 9.17) is 0 Å². The number of anilines is 1. The van der Waals surface area contributed by atoms with Crippen LogP contribution in [0.15, 0.2) is 54.7 Å². The van der Waals surface area contributed by atoms with Gasteiger partial charge in [-0.1, -0.05) is 38.1 Å². The smallest absolute Gasteiger partial charge is 0.223 e. The molecule has 0 aliphatic heterocycles. The highest BCUT2D eigenvalue weighted by atomic mass is 16.2. The summed E-state index contributed by atoms with van der Waals surface area (Å²) in [7, 11) is 1.80. The van der Waals surface area contributed by atoms with Crippen LogP contribution in [-0.4, -0.2) is 17.5 Å². The summed E-state index contributed by atoms with van der Waals surface area (Å²) in [5.41, 5.74) is 4.77. The van der Waals surface area contributed by atoms with E-state index < -0.39 is 0 Å². The molecule has 0 saturated heterocycles. The molecule has 2 aromatic carbocycles. The fraction of sp³-hybridized carbons (Fsp3) is 0.286. The van der Waals surface area contributed by atoms with Crippen molar-refractivity contribution in [3.05, 3.63) is 65.9 Å². The van der Waals surface area contributed by atoms with Gasteiger partial charge in [0.25, 0.3) is 0 Å². The number of rotatable bonds is 4. The Labute approximate surface area is 143 Å². The molecule has 0 N–H and O–H groups in total. The molecule has 0 radical (unpaired) electrons. The zero-order valence-electron chi connectivity index (χ0n) is 14.8. The zero-order valence-corrected chi connectivity index (χ0v) is 14.8. The topological polar surface area (TPSA) is 25.2 Å². The molecule has 3 rings (SSSR count). The second kappa shape index (κ2) is 6.52. The van der Waals surface area contributed by atoms with Gasteiger partial charge in [-0.2, -0.15) is 0 Å². The van der Waals surface area contributed by atoms with Gasteiger partial charge in [-0.3, -0.25) is 4.79 Å². The average molecular weight is 320 g/mol. The average Bonchev–Trinajstić information content (AvgIpc) is 2.96. The molecule has 0 bridgehead atoms. The first-order chi connectivity index (χ1) is 11.5. The van der Waals surface area contributed by atoms with E-state index in [2.05, 4.69) is 67.1 Å². The van der Waals surface area contributed by atoms with Gasteiger partial charge < -0.3 is 9.47 Å². The minimum Gasteiger partial charge on any atom is -0.343 e. The van der Waals surface area contributed by atoms with E-state index >= 15 is 0 Å². The maximum Gasteiger partial charge on any atom is 0.223 e. The van der Waals surface area contributed by atoms with E-state index in [9.17, 15) is 4.79 Å². The Hall–Kier alpha value is -2.55. The summed E-state index contributed by atoms with van der Waals surface area (Å²) in [5, 5.41) is 1.15. The van der Waals surface area contributed by atoms with Crippen LogP contribution in [0.1, 0.15) is 37.8 Å². The molecule has 1 aromatic heterocycles. The Bertz CT molecular complexity index is 859. The van der Waals surface area contributed by atoms with Gasteiger partial charge in [0.05, 0.1) is 0 Å².